The van der Waals surface area contributed by atoms with E-state index in [4.69, 9.17) is 76.8 Å². The first-order chi connectivity index (χ1) is 44.9. The Morgan fingerprint density at radius 2 is 0.821 bits per heavy atom. The van der Waals surface area contributed by atoms with Crippen LogP contribution in [0.4, 0.5) is 0 Å². The normalized spacial score (nSPS) is 51.6. The predicted molar refractivity (Wildman–Crippen MR) is 297 cm³/mol. The number of hydrogen-bond donors (Lipinski definition) is 24. The molecule has 95 heavy (non-hydrogen) atoms. The minimum Gasteiger partial charge on any atom is -0.477 e. The van der Waals surface area contributed by atoms with Crippen LogP contribution < -0.4 is 5.73 Å². The van der Waals surface area contributed by atoms with Crippen LogP contribution in [0.1, 0.15) is 34.1 Å². The number of carboxylic acid groups (broad SMARTS) is 1. The lowest BCUT2D eigenvalue weighted by molar-refractivity contribution is -0.395. The Balaban J connectivity index is 1.00. The summed E-state index contributed by atoms with van der Waals surface area (Å²) in [5.74, 6) is -8.12. The van der Waals surface area contributed by atoms with E-state index in [0.29, 0.717) is 0 Å². The van der Waals surface area contributed by atoms with E-state index < -0.39 is 316 Å². The van der Waals surface area contributed by atoms with Crippen LogP contribution >= 0.6 is 0 Å². The molecule has 8 rings (SSSR count). The number of carbonyl (C=O) groups is 1. The zero-order valence-corrected chi connectivity index (χ0v) is 51.9. The summed E-state index contributed by atoms with van der Waals surface area (Å²) in [5.41, 5.74) is 5.97. The van der Waals surface area contributed by atoms with E-state index in [1.54, 1.807) is 13.8 Å². The van der Waals surface area contributed by atoms with Crippen LogP contribution in [-0.2, 0) is 75.8 Å². The van der Waals surface area contributed by atoms with Gasteiger partial charge in [-0.15, -0.1) is 0 Å². The average Bonchev–Trinajstić information content (AvgIpc) is 0.769. The molecule has 8 aliphatic heterocycles. The molecule has 40 heteroatoms. The summed E-state index contributed by atoms with van der Waals surface area (Å²) in [4.78, 5) is 12.9. The number of aliphatic hydroxyl groups excluding tert-OH is 22. The molecule has 0 aliphatic carbocycles. The summed E-state index contributed by atoms with van der Waals surface area (Å²) in [7, 11) is 0. The monoisotopic (exact) mass is 1390 g/mol. The minimum absolute atomic E-state index is 0.499. The van der Waals surface area contributed by atoms with Crippen molar-refractivity contribution in [2.24, 2.45) is 23.5 Å². The quantitative estimate of drug-likeness (QED) is 0.0404. The van der Waals surface area contributed by atoms with E-state index in [1.165, 1.54) is 13.8 Å². The van der Waals surface area contributed by atoms with Crippen molar-refractivity contribution in [3.8, 4) is 0 Å². The van der Waals surface area contributed by atoms with E-state index in [-0.39, 0.29) is 0 Å². The molecule has 0 radical (unpaired) electrons. The first kappa shape index (κ1) is 78.7. The zero-order valence-electron chi connectivity index (χ0n) is 51.9. The van der Waals surface area contributed by atoms with E-state index in [9.17, 15) is 122 Å². The number of aliphatic carboxylic acids is 1. The number of nitrogens with two attached hydrogens (primary N) is 1. The topological polar surface area (TPSA) is 647 Å². The van der Waals surface area contributed by atoms with Crippen molar-refractivity contribution in [3.63, 3.8) is 0 Å². The van der Waals surface area contributed by atoms with Gasteiger partial charge in [0.15, 0.2) is 37.7 Å². The highest BCUT2D eigenvalue weighted by molar-refractivity contribution is 5.76. The van der Waals surface area contributed by atoms with Gasteiger partial charge in [0, 0.05) is 24.2 Å². The molecule has 25 N–H and O–H groups in total. The first-order valence-corrected chi connectivity index (χ1v) is 31.2. The van der Waals surface area contributed by atoms with Gasteiger partial charge in [-0.25, -0.2) is 4.79 Å². The van der Waals surface area contributed by atoms with Gasteiger partial charge in [0.25, 0.3) is 5.79 Å². The summed E-state index contributed by atoms with van der Waals surface area (Å²) in [6, 6.07) is -1.61. The van der Waals surface area contributed by atoms with E-state index in [0.717, 1.165) is 0 Å². The van der Waals surface area contributed by atoms with Crippen molar-refractivity contribution in [1.82, 2.24) is 0 Å². The van der Waals surface area contributed by atoms with Crippen molar-refractivity contribution in [3.05, 3.63) is 0 Å². The van der Waals surface area contributed by atoms with Gasteiger partial charge in [0.2, 0.25) is 0 Å². The van der Waals surface area contributed by atoms with Gasteiger partial charge in [-0.1, -0.05) is 20.8 Å². The van der Waals surface area contributed by atoms with Gasteiger partial charge in [0.05, 0.1) is 89.4 Å². The van der Waals surface area contributed by atoms with Crippen LogP contribution in [0.3, 0.4) is 0 Å². The third kappa shape index (κ3) is 16.3. The molecule has 16 unspecified atom stereocenters. The van der Waals surface area contributed by atoms with Crippen LogP contribution in [-0.4, -0.2) is 409 Å². The number of rotatable bonds is 25. The molecule has 0 aromatic heterocycles. The second kappa shape index (κ2) is 33.4. The van der Waals surface area contributed by atoms with Gasteiger partial charge >= 0.3 is 5.97 Å². The van der Waals surface area contributed by atoms with Crippen LogP contribution in [0, 0.1) is 17.8 Å². The molecular weight excluding hydrogens is 1300 g/mol. The average molecular weight is 1390 g/mol. The van der Waals surface area contributed by atoms with Crippen LogP contribution in [0.5, 0.6) is 0 Å². The van der Waals surface area contributed by atoms with Crippen molar-refractivity contribution in [2.45, 2.75) is 267 Å². The van der Waals surface area contributed by atoms with Gasteiger partial charge in [-0.2, -0.15) is 0 Å². The molecule has 0 saturated carbocycles. The summed E-state index contributed by atoms with van der Waals surface area (Å²) in [5, 5.41) is 250. The molecular formula is C55H95NO39. The van der Waals surface area contributed by atoms with Gasteiger partial charge in [0.1, 0.15) is 153 Å². The Kier molecular flexibility index (Phi) is 27.6. The lowest BCUT2D eigenvalue weighted by Gasteiger charge is -2.51. The smallest absolute Gasteiger partial charge is 0.364 e. The van der Waals surface area contributed by atoms with Gasteiger partial charge in [-0.05, 0) is 6.92 Å². The number of aliphatic hydroxyl groups is 22. The number of hydrogen-bond acceptors (Lipinski definition) is 39. The van der Waals surface area contributed by atoms with Crippen molar-refractivity contribution >= 4 is 5.97 Å². The fraction of sp³-hybridized carbons (Fsp3) is 0.982. The molecule has 8 heterocycles. The minimum atomic E-state index is -3.11. The fourth-order valence-electron chi connectivity index (χ4n) is 12.8. The Labute approximate surface area is 541 Å². The molecule has 41 atom stereocenters. The van der Waals surface area contributed by atoms with E-state index in [2.05, 4.69) is 0 Å². The SMILES string of the molecule is CC1C(O)[C@H](O[C@@H]2OC(CO[C@H]3OC(CO)[C@@H](O)C(O)[C@H]3O[C@@H]3O[C@@H](CO)[C@@H](O[C@@H]4OC(CO)[C@H](O)C(O[C@]5(C(=O)O)C[C@@H](O)[C@@H](N)C([C@H](O)[C@H](O)CO)O5)[C@@H]4O)C(O)C3C)[C@@H](O)C(O[C@H]3O[C@H](CO)[C@@H](O)C(O)C3O)[C@H]2O)C(CO)O[C@H]1O[C@@H]1C(CO)O[C@@H](C)[C@@H](C)C1O. The molecule has 0 amide bonds. The van der Waals surface area contributed by atoms with Crippen LogP contribution in [0.15, 0.2) is 0 Å². The Hall–Kier alpha value is -2.05. The third-order valence-corrected chi connectivity index (χ3v) is 19.1. The molecule has 0 bridgehead atoms. The highest BCUT2D eigenvalue weighted by Crippen LogP contribution is 2.42. The Morgan fingerprint density at radius 3 is 1.32 bits per heavy atom. The zero-order chi connectivity index (χ0) is 70.1. The van der Waals surface area contributed by atoms with Crippen LogP contribution in [0.25, 0.3) is 0 Å². The maximum Gasteiger partial charge on any atom is 0.364 e. The summed E-state index contributed by atoms with van der Waals surface area (Å²) in [6.45, 7) is -1.55. The lowest BCUT2D eigenvalue weighted by Crippen LogP contribution is -2.70. The van der Waals surface area contributed by atoms with Crippen molar-refractivity contribution in [1.29, 1.82) is 0 Å². The van der Waals surface area contributed by atoms with Gasteiger partial charge in [-0.3, -0.25) is 0 Å². The lowest BCUT2D eigenvalue weighted by atomic mass is 9.88. The molecule has 554 valence electrons. The number of carboxylic acids is 1. The second-order valence-electron chi connectivity index (χ2n) is 25.3. The van der Waals surface area contributed by atoms with Crippen LogP contribution in [0.2, 0.25) is 0 Å². The molecule has 0 aromatic rings. The molecule has 40 nitrogen and oxygen atoms in total. The molecule has 0 spiro atoms. The molecule has 8 fully saturated rings. The first-order valence-electron chi connectivity index (χ1n) is 31.2. The Morgan fingerprint density at radius 1 is 0.432 bits per heavy atom. The molecule has 8 saturated heterocycles. The molecule has 0 aromatic carbocycles. The highest BCUT2D eigenvalue weighted by atomic mass is 16.8. The van der Waals surface area contributed by atoms with Gasteiger partial charge < -0.3 is 194 Å². The van der Waals surface area contributed by atoms with E-state index in [1.807, 2.05) is 0 Å². The van der Waals surface area contributed by atoms with Crippen molar-refractivity contribution in [2.75, 3.05) is 52.9 Å². The standard InChI is InChI=1S/C55H95NO39/c1-14-17(4)82-23(10-61)41(28(14)66)89-48-15(2)29(67)42(24(11-62)86-48)90-51-39(77)45(92-50-38(76)36(74)32(70)20(7-58)83-50)35(73)26(88-51)13-81-53-47(37(75)33(71)21(8-59)85-53)93-49-16(3)30(68)43(25(12-63)87-49)91-52-40(78)46(34(72)22(9-60)84-52)95-55(54(79)80)5-18(64)27(56)44(94-55)31(69)19(65)6-57/h14-53,57-78H,5-13,56H2,1-4H3,(H,79,80)/t14-,15?,16?,17+,18-,19-,20-,21?,22?,23?,24?,25+,26?,27-,28?,29?,30?,31-,32-,33-,34+,35-,36?,37?,38?,39-,40+,41-,42-,43-,44?,45?,46?,47-,48+,49+,50-,51+,52+,53+,55+/m1/s1. The molecule has 8 aliphatic rings. The largest absolute Gasteiger partial charge is 0.477 e. The highest BCUT2D eigenvalue weighted by Gasteiger charge is 2.61. The maximum atomic E-state index is 12.9. The number of ether oxygens (including phenoxy) is 15. The maximum absolute atomic E-state index is 12.9. The van der Waals surface area contributed by atoms with E-state index >= 15 is 0 Å². The predicted octanol–water partition coefficient (Wildman–Crippen LogP) is -14.4. The summed E-state index contributed by atoms with van der Waals surface area (Å²) >= 11 is 0. The fourth-order valence-corrected chi connectivity index (χ4v) is 12.8. The Bertz CT molecular complexity index is 2360. The second-order valence-corrected chi connectivity index (χ2v) is 25.3. The summed E-state index contributed by atoms with van der Waals surface area (Å²) < 4.78 is 88.4. The third-order valence-electron chi connectivity index (χ3n) is 19.1. The van der Waals surface area contributed by atoms with Crippen molar-refractivity contribution < 1.29 is 193 Å². The summed E-state index contributed by atoms with van der Waals surface area (Å²) in [6.07, 6.45) is -67.1.